The second kappa shape index (κ2) is 4.96. The van der Waals surface area contributed by atoms with Crippen LogP contribution in [0.1, 0.15) is 18.9 Å². The van der Waals surface area contributed by atoms with Crippen molar-refractivity contribution in [2.45, 2.75) is 26.3 Å². The van der Waals surface area contributed by atoms with Gasteiger partial charge in [0.05, 0.1) is 0 Å². The summed E-state index contributed by atoms with van der Waals surface area (Å²) in [5.74, 6) is 0.463. The number of aryl methyl sites for hydroxylation is 1. The molecule has 3 heteroatoms. The number of rotatable bonds is 4. The first-order chi connectivity index (χ1) is 6.63. The van der Waals surface area contributed by atoms with Crippen molar-refractivity contribution >= 4 is 0 Å². The van der Waals surface area contributed by atoms with Gasteiger partial charge in [0.1, 0.15) is 18.2 Å². The van der Waals surface area contributed by atoms with E-state index in [-0.39, 0.29) is 11.9 Å². The molecule has 1 unspecified atom stereocenters. The van der Waals surface area contributed by atoms with Crippen LogP contribution in [0.25, 0.3) is 0 Å². The van der Waals surface area contributed by atoms with Crippen LogP contribution in [0.5, 0.6) is 5.75 Å². The second-order valence-corrected chi connectivity index (χ2v) is 3.39. The standard InChI is InChI=1S/C11H16FNO/c1-3-9(13)7-14-10-4-5-11(12)8(2)6-10/h4-6,9H,3,7,13H2,1-2H3. The summed E-state index contributed by atoms with van der Waals surface area (Å²) in [6, 6.07) is 4.74. The largest absolute Gasteiger partial charge is 0.492 e. The molecule has 0 saturated carbocycles. The Morgan fingerprint density at radius 2 is 2.21 bits per heavy atom. The van der Waals surface area contributed by atoms with Gasteiger partial charge in [-0.3, -0.25) is 0 Å². The van der Waals surface area contributed by atoms with Gasteiger partial charge >= 0.3 is 0 Å². The van der Waals surface area contributed by atoms with Crippen LogP contribution >= 0.6 is 0 Å². The first-order valence-corrected chi connectivity index (χ1v) is 4.78. The Balaban J connectivity index is 2.55. The molecule has 1 aromatic carbocycles. The van der Waals surface area contributed by atoms with E-state index >= 15 is 0 Å². The molecule has 14 heavy (non-hydrogen) atoms. The van der Waals surface area contributed by atoms with Crippen molar-refractivity contribution in [2.75, 3.05) is 6.61 Å². The third-order valence-electron chi connectivity index (χ3n) is 2.12. The van der Waals surface area contributed by atoms with E-state index in [0.29, 0.717) is 17.9 Å². The Morgan fingerprint density at radius 3 is 2.79 bits per heavy atom. The lowest BCUT2D eigenvalue weighted by Crippen LogP contribution is -2.26. The first kappa shape index (κ1) is 11.0. The molecule has 0 aromatic heterocycles. The molecule has 0 aliphatic carbocycles. The molecular formula is C11H16FNO. The average molecular weight is 197 g/mol. The fourth-order valence-electron chi connectivity index (χ4n) is 1.03. The average Bonchev–Trinajstić information content (AvgIpc) is 2.19. The van der Waals surface area contributed by atoms with Gasteiger partial charge in [-0.25, -0.2) is 4.39 Å². The lowest BCUT2D eigenvalue weighted by Gasteiger charge is -2.11. The monoisotopic (exact) mass is 197 g/mol. The summed E-state index contributed by atoms with van der Waals surface area (Å²) in [6.07, 6.45) is 0.875. The van der Waals surface area contributed by atoms with Gasteiger partial charge in [0.25, 0.3) is 0 Å². The third-order valence-corrected chi connectivity index (χ3v) is 2.12. The quantitative estimate of drug-likeness (QED) is 0.803. The Kier molecular flexibility index (Phi) is 3.89. The molecule has 0 saturated heterocycles. The van der Waals surface area contributed by atoms with Crippen LogP contribution in [0, 0.1) is 12.7 Å². The molecule has 1 rings (SSSR count). The number of ether oxygens (including phenoxy) is 1. The molecule has 0 radical (unpaired) electrons. The number of halogens is 1. The maximum atomic E-state index is 12.9. The minimum absolute atomic E-state index is 0.0420. The van der Waals surface area contributed by atoms with E-state index in [0.717, 1.165) is 6.42 Å². The minimum atomic E-state index is -0.211. The summed E-state index contributed by atoms with van der Waals surface area (Å²) in [5, 5.41) is 0. The van der Waals surface area contributed by atoms with Crippen LogP contribution in [0.4, 0.5) is 4.39 Å². The highest BCUT2D eigenvalue weighted by molar-refractivity contribution is 5.28. The first-order valence-electron chi connectivity index (χ1n) is 4.78. The van der Waals surface area contributed by atoms with Gasteiger partial charge in [-0.15, -0.1) is 0 Å². The summed E-state index contributed by atoms with van der Waals surface area (Å²) < 4.78 is 18.3. The molecule has 1 atom stereocenters. The van der Waals surface area contributed by atoms with Crippen LogP contribution < -0.4 is 10.5 Å². The molecule has 0 aliphatic rings. The zero-order valence-corrected chi connectivity index (χ0v) is 8.59. The summed E-state index contributed by atoms with van der Waals surface area (Å²) in [6.45, 7) is 4.19. The van der Waals surface area contributed by atoms with Crippen molar-refractivity contribution in [3.8, 4) is 5.75 Å². The number of hydrogen-bond donors (Lipinski definition) is 1. The van der Waals surface area contributed by atoms with E-state index in [4.69, 9.17) is 10.5 Å². The predicted octanol–water partition coefficient (Wildman–Crippen LogP) is 2.25. The molecular weight excluding hydrogens is 181 g/mol. The minimum Gasteiger partial charge on any atom is -0.492 e. The molecule has 2 nitrogen and oxygen atoms in total. The van der Waals surface area contributed by atoms with Crippen molar-refractivity contribution in [3.63, 3.8) is 0 Å². The van der Waals surface area contributed by atoms with Crippen LogP contribution in [-0.2, 0) is 0 Å². The summed E-state index contributed by atoms with van der Waals surface area (Å²) in [5.41, 5.74) is 6.28. The van der Waals surface area contributed by atoms with E-state index in [2.05, 4.69) is 0 Å². The van der Waals surface area contributed by atoms with E-state index < -0.39 is 0 Å². The molecule has 0 fully saturated rings. The Bertz CT molecular complexity index is 301. The second-order valence-electron chi connectivity index (χ2n) is 3.39. The summed E-state index contributed by atoms with van der Waals surface area (Å²) in [4.78, 5) is 0. The zero-order valence-electron chi connectivity index (χ0n) is 8.59. The van der Waals surface area contributed by atoms with Gasteiger partial charge in [-0.05, 0) is 37.1 Å². The number of hydrogen-bond acceptors (Lipinski definition) is 2. The van der Waals surface area contributed by atoms with Crippen molar-refractivity contribution < 1.29 is 9.13 Å². The van der Waals surface area contributed by atoms with E-state index in [1.165, 1.54) is 6.07 Å². The molecule has 0 heterocycles. The molecule has 2 N–H and O–H groups in total. The molecule has 0 amide bonds. The van der Waals surface area contributed by atoms with E-state index in [1.54, 1.807) is 19.1 Å². The molecule has 0 spiro atoms. The van der Waals surface area contributed by atoms with Crippen molar-refractivity contribution in [2.24, 2.45) is 5.73 Å². The van der Waals surface area contributed by atoms with Gasteiger partial charge in [-0.1, -0.05) is 6.92 Å². The van der Waals surface area contributed by atoms with E-state index in [9.17, 15) is 4.39 Å². The summed E-state index contributed by atoms with van der Waals surface area (Å²) in [7, 11) is 0. The Hall–Kier alpha value is -1.09. The van der Waals surface area contributed by atoms with Crippen molar-refractivity contribution in [1.82, 2.24) is 0 Å². The molecule has 0 bridgehead atoms. The fraction of sp³-hybridized carbons (Fsp3) is 0.455. The highest BCUT2D eigenvalue weighted by atomic mass is 19.1. The summed E-state index contributed by atoms with van der Waals surface area (Å²) >= 11 is 0. The highest BCUT2D eigenvalue weighted by Gasteiger charge is 2.02. The van der Waals surface area contributed by atoms with Crippen molar-refractivity contribution in [3.05, 3.63) is 29.6 Å². The van der Waals surface area contributed by atoms with Gasteiger partial charge in [0.15, 0.2) is 0 Å². The Morgan fingerprint density at radius 1 is 1.50 bits per heavy atom. The predicted molar refractivity (Wildman–Crippen MR) is 54.9 cm³/mol. The lowest BCUT2D eigenvalue weighted by molar-refractivity contribution is 0.285. The topological polar surface area (TPSA) is 35.2 Å². The third kappa shape index (κ3) is 3.00. The zero-order chi connectivity index (χ0) is 10.6. The molecule has 78 valence electrons. The van der Waals surface area contributed by atoms with E-state index in [1.807, 2.05) is 6.92 Å². The lowest BCUT2D eigenvalue weighted by atomic mass is 10.2. The normalized spacial score (nSPS) is 12.6. The van der Waals surface area contributed by atoms with Crippen LogP contribution in [0.15, 0.2) is 18.2 Å². The van der Waals surface area contributed by atoms with Crippen LogP contribution in [-0.4, -0.2) is 12.6 Å². The smallest absolute Gasteiger partial charge is 0.126 e. The van der Waals surface area contributed by atoms with Gasteiger partial charge in [0.2, 0.25) is 0 Å². The van der Waals surface area contributed by atoms with Gasteiger partial charge in [0, 0.05) is 6.04 Å². The SMILES string of the molecule is CCC(N)COc1ccc(F)c(C)c1. The molecule has 1 aromatic rings. The highest BCUT2D eigenvalue weighted by Crippen LogP contribution is 2.15. The number of nitrogens with two attached hydrogens (primary N) is 1. The van der Waals surface area contributed by atoms with Gasteiger partial charge < -0.3 is 10.5 Å². The van der Waals surface area contributed by atoms with Crippen molar-refractivity contribution in [1.29, 1.82) is 0 Å². The molecule has 0 aliphatic heterocycles. The fourth-order valence-corrected chi connectivity index (χ4v) is 1.03. The maximum Gasteiger partial charge on any atom is 0.126 e. The van der Waals surface area contributed by atoms with Gasteiger partial charge in [-0.2, -0.15) is 0 Å². The van der Waals surface area contributed by atoms with Crippen LogP contribution in [0.3, 0.4) is 0 Å². The van der Waals surface area contributed by atoms with Crippen LogP contribution in [0.2, 0.25) is 0 Å². The number of benzene rings is 1. The maximum absolute atomic E-state index is 12.9. The Labute approximate surface area is 83.9 Å².